The summed E-state index contributed by atoms with van der Waals surface area (Å²) in [5.41, 5.74) is 0. The van der Waals surface area contributed by atoms with Crippen molar-refractivity contribution in [1.29, 1.82) is 0 Å². The monoisotopic (exact) mass is 222 g/mol. The summed E-state index contributed by atoms with van der Waals surface area (Å²) in [4.78, 5) is 25.3. The molecule has 6 heteroatoms. The molecule has 0 aromatic carbocycles. The average Bonchev–Trinajstić information content (AvgIpc) is 2.26. The maximum Gasteiger partial charge on any atom is 0.328 e. The number of carbonyl (C=O) groups is 2. The van der Waals surface area contributed by atoms with Crippen molar-refractivity contribution < 1.29 is 19.4 Å². The molecule has 1 amide bonds. The first-order valence-corrected chi connectivity index (χ1v) is 4.35. The number of pyridine rings is 1. The first kappa shape index (κ1) is 11.7. The molecule has 16 heavy (non-hydrogen) atoms. The summed E-state index contributed by atoms with van der Waals surface area (Å²) in [6.07, 6.45) is 1.65. The number of methoxy groups -OCH3 is 1. The summed E-state index contributed by atoms with van der Waals surface area (Å²) < 4.78 is 4.86. The van der Waals surface area contributed by atoms with Crippen LogP contribution in [-0.4, -0.2) is 29.1 Å². The Kier molecular flexibility index (Phi) is 4.02. The van der Waals surface area contributed by atoms with E-state index in [4.69, 9.17) is 9.84 Å². The first-order chi connectivity index (χ1) is 7.61. The number of carboxylic acid groups (broad SMARTS) is 1. The van der Waals surface area contributed by atoms with Crippen LogP contribution in [0.2, 0.25) is 0 Å². The number of anilines is 1. The van der Waals surface area contributed by atoms with E-state index in [9.17, 15) is 9.59 Å². The normalized spacial score (nSPS) is 10.1. The number of carbonyl (C=O) groups excluding carboxylic acids is 1. The van der Waals surface area contributed by atoms with E-state index in [0.29, 0.717) is 11.7 Å². The van der Waals surface area contributed by atoms with Gasteiger partial charge in [-0.1, -0.05) is 6.07 Å². The predicted octanol–water partition coefficient (Wildman–Crippen LogP) is 0.669. The molecule has 1 rings (SSSR count). The molecule has 6 nitrogen and oxygen atoms in total. The van der Waals surface area contributed by atoms with Crippen LogP contribution in [0.3, 0.4) is 0 Å². The van der Waals surface area contributed by atoms with E-state index in [1.807, 2.05) is 0 Å². The second-order valence-corrected chi connectivity index (χ2v) is 2.73. The number of ether oxygens (including phenoxy) is 1. The van der Waals surface area contributed by atoms with Crippen LogP contribution in [0.15, 0.2) is 30.4 Å². The fourth-order valence-corrected chi connectivity index (χ4v) is 0.913. The van der Waals surface area contributed by atoms with Gasteiger partial charge < -0.3 is 15.2 Å². The number of nitrogens with one attached hydrogen (secondary N) is 1. The van der Waals surface area contributed by atoms with E-state index in [0.717, 1.165) is 12.2 Å². The number of carboxylic acids is 1. The summed E-state index contributed by atoms with van der Waals surface area (Å²) >= 11 is 0. The summed E-state index contributed by atoms with van der Waals surface area (Å²) in [6.45, 7) is 0. The number of amides is 1. The van der Waals surface area contributed by atoms with Crippen LogP contribution in [0.25, 0.3) is 0 Å². The highest BCUT2D eigenvalue weighted by Crippen LogP contribution is 2.10. The maximum atomic E-state index is 11.2. The average molecular weight is 222 g/mol. The van der Waals surface area contributed by atoms with Crippen LogP contribution in [-0.2, 0) is 9.59 Å². The van der Waals surface area contributed by atoms with Gasteiger partial charge in [0.15, 0.2) is 0 Å². The van der Waals surface area contributed by atoms with Crippen LogP contribution >= 0.6 is 0 Å². The van der Waals surface area contributed by atoms with Gasteiger partial charge in [0.25, 0.3) is 0 Å². The minimum absolute atomic E-state index is 0.291. The van der Waals surface area contributed by atoms with Gasteiger partial charge in [-0.2, -0.15) is 4.98 Å². The van der Waals surface area contributed by atoms with E-state index in [-0.39, 0.29) is 0 Å². The molecule has 0 saturated heterocycles. The fourth-order valence-electron chi connectivity index (χ4n) is 0.913. The molecular formula is C10H10N2O4. The summed E-state index contributed by atoms with van der Waals surface area (Å²) in [5, 5.41) is 10.7. The SMILES string of the molecule is COc1cccc(NC(=O)C=CC(=O)O)n1. The Balaban J connectivity index is 2.65. The number of aromatic nitrogens is 1. The van der Waals surface area contributed by atoms with Crippen molar-refractivity contribution in [2.45, 2.75) is 0 Å². The van der Waals surface area contributed by atoms with Crippen LogP contribution in [0, 0.1) is 0 Å². The fraction of sp³-hybridized carbons (Fsp3) is 0.100. The lowest BCUT2D eigenvalue weighted by Gasteiger charge is -2.02. The summed E-state index contributed by atoms with van der Waals surface area (Å²) in [5.74, 6) is -1.10. The number of nitrogens with zero attached hydrogens (tertiary/aromatic N) is 1. The van der Waals surface area contributed by atoms with Gasteiger partial charge in [-0.15, -0.1) is 0 Å². The molecule has 0 unspecified atom stereocenters. The highest BCUT2D eigenvalue weighted by molar-refractivity contribution is 6.01. The van der Waals surface area contributed by atoms with Crippen LogP contribution in [0.1, 0.15) is 0 Å². The molecule has 1 aromatic heterocycles. The molecule has 0 radical (unpaired) electrons. The lowest BCUT2D eigenvalue weighted by molar-refractivity contribution is -0.131. The quantitative estimate of drug-likeness (QED) is 0.731. The zero-order chi connectivity index (χ0) is 12.0. The van der Waals surface area contributed by atoms with Gasteiger partial charge in [0, 0.05) is 18.2 Å². The van der Waals surface area contributed by atoms with Crippen molar-refractivity contribution in [3.8, 4) is 5.88 Å². The van der Waals surface area contributed by atoms with Crippen molar-refractivity contribution in [3.63, 3.8) is 0 Å². The lowest BCUT2D eigenvalue weighted by Crippen LogP contribution is -2.10. The number of aliphatic carboxylic acids is 1. The molecule has 1 aromatic rings. The highest BCUT2D eigenvalue weighted by atomic mass is 16.5. The first-order valence-electron chi connectivity index (χ1n) is 4.35. The second-order valence-electron chi connectivity index (χ2n) is 2.73. The standard InChI is InChI=1S/C10H10N2O4/c1-16-9-4-2-3-7(12-9)11-8(13)5-6-10(14)15/h2-6H,1H3,(H,14,15)(H,11,12,13). The third kappa shape index (κ3) is 3.79. The van der Waals surface area contributed by atoms with Gasteiger partial charge in [0.2, 0.25) is 11.8 Å². The zero-order valence-electron chi connectivity index (χ0n) is 8.51. The van der Waals surface area contributed by atoms with Crippen molar-refractivity contribution in [2.24, 2.45) is 0 Å². The predicted molar refractivity (Wildman–Crippen MR) is 56.2 cm³/mol. The van der Waals surface area contributed by atoms with E-state index in [2.05, 4.69) is 10.3 Å². The molecule has 0 atom stereocenters. The lowest BCUT2D eigenvalue weighted by atomic mass is 10.4. The molecule has 0 bridgehead atoms. The number of hydrogen-bond donors (Lipinski definition) is 2. The van der Waals surface area contributed by atoms with Crippen LogP contribution < -0.4 is 10.1 Å². The van der Waals surface area contributed by atoms with Gasteiger partial charge in [0.1, 0.15) is 5.82 Å². The second kappa shape index (κ2) is 5.50. The summed E-state index contributed by atoms with van der Waals surface area (Å²) in [7, 11) is 1.46. The van der Waals surface area contributed by atoms with Gasteiger partial charge in [-0.3, -0.25) is 4.79 Å². The third-order valence-corrected chi connectivity index (χ3v) is 1.56. The molecule has 0 fully saturated rings. The Hall–Kier alpha value is -2.37. The Labute approximate surface area is 91.6 Å². The molecule has 0 spiro atoms. The summed E-state index contributed by atoms with van der Waals surface area (Å²) in [6, 6.07) is 4.85. The molecule has 0 aliphatic heterocycles. The minimum atomic E-state index is -1.19. The van der Waals surface area contributed by atoms with E-state index in [1.165, 1.54) is 7.11 Å². The van der Waals surface area contributed by atoms with Crippen molar-refractivity contribution in [2.75, 3.05) is 12.4 Å². The van der Waals surface area contributed by atoms with Crippen molar-refractivity contribution in [1.82, 2.24) is 4.98 Å². The van der Waals surface area contributed by atoms with Gasteiger partial charge in [-0.05, 0) is 6.07 Å². The maximum absolute atomic E-state index is 11.2. The molecule has 0 aliphatic carbocycles. The van der Waals surface area contributed by atoms with E-state index >= 15 is 0 Å². The molecule has 2 N–H and O–H groups in total. The molecular weight excluding hydrogens is 212 g/mol. The highest BCUT2D eigenvalue weighted by Gasteiger charge is 2.01. The Morgan fingerprint density at radius 2 is 2.19 bits per heavy atom. The number of rotatable bonds is 4. The molecule has 0 aliphatic rings. The van der Waals surface area contributed by atoms with E-state index < -0.39 is 11.9 Å². The zero-order valence-corrected chi connectivity index (χ0v) is 8.51. The number of hydrogen-bond acceptors (Lipinski definition) is 4. The molecule has 0 saturated carbocycles. The molecule has 1 heterocycles. The van der Waals surface area contributed by atoms with Gasteiger partial charge in [0.05, 0.1) is 7.11 Å². The van der Waals surface area contributed by atoms with Crippen molar-refractivity contribution >= 4 is 17.7 Å². The van der Waals surface area contributed by atoms with Crippen LogP contribution in [0.4, 0.5) is 5.82 Å². The third-order valence-electron chi connectivity index (χ3n) is 1.56. The Morgan fingerprint density at radius 1 is 1.44 bits per heavy atom. The van der Waals surface area contributed by atoms with E-state index in [1.54, 1.807) is 18.2 Å². The molecule has 84 valence electrons. The Morgan fingerprint density at radius 3 is 2.81 bits per heavy atom. The van der Waals surface area contributed by atoms with Gasteiger partial charge >= 0.3 is 5.97 Å². The van der Waals surface area contributed by atoms with Crippen LogP contribution in [0.5, 0.6) is 5.88 Å². The van der Waals surface area contributed by atoms with Gasteiger partial charge in [-0.25, -0.2) is 4.79 Å². The Bertz CT molecular complexity index is 429. The van der Waals surface area contributed by atoms with Crippen molar-refractivity contribution in [3.05, 3.63) is 30.4 Å². The topological polar surface area (TPSA) is 88.5 Å². The largest absolute Gasteiger partial charge is 0.481 e. The smallest absolute Gasteiger partial charge is 0.328 e. The minimum Gasteiger partial charge on any atom is -0.481 e.